The van der Waals surface area contributed by atoms with Crippen LogP contribution in [0.4, 0.5) is 5.69 Å². The molecule has 28 heavy (non-hydrogen) atoms. The number of anilines is 1. The van der Waals surface area contributed by atoms with E-state index in [1.165, 1.54) is 0 Å². The molecule has 1 N–H and O–H groups in total. The Morgan fingerprint density at radius 3 is 2.36 bits per heavy atom. The molecule has 1 aliphatic rings. The number of nitrogens with one attached hydrogen (secondary N) is 1. The highest BCUT2D eigenvalue weighted by Crippen LogP contribution is 2.36. The maximum absolute atomic E-state index is 13.3. The Hall–Kier alpha value is -2.46. The summed E-state index contributed by atoms with van der Waals surface area (Å²) in [7, 11) is 0. The zero-order chi connectivity index (χ0) is 21.3. The van der Waals surface area contributed by atoms with Crippen LogP contribution in [-0.2, 0) is 0 Å². The summed E-state index contributed by atoms with van der Waals surface area (Å²) >= 11 is 1.57. The molecule has 0 saturated heterocycles. The van der Waals surface area contributed by atoms with Crippen LogP contribution < -0.4 is 5.32 Å². The summed E-state index contributed by atoms with van der Waals surface area (Å²) in [5, 5.41) is 3.51. The number of carbonyl (C=O) groups excluding carboxylic acids is 1. The molecule has 1 amide bonds. The number of nitrogens with zero attached hydrogens (tertiary/aromatic N) is 1. The maximum Gasteiger partial charge on any atom is 0.262 e. The van der Waals surface area contributed by atoms with Crippen LogP contribution in [0.15, 0.2) is 82.8 Å². The number of rotatable bonds is 6. The van der Waals surface area contributed by atoms with E-state index >= 15 is 0 Å². The quantitative estimate of drug-likeness (QED) is 0.520. The molecule has 0 spiro atoms. The van der Waals surface area contributed by atoms with E-state index in [0.717, 1.165) is 26.8 Å². The standard InChI is InChI=1S/C22H26N2OS.C2H6/c1-7-16(6)14-17(8-2)24-21(20(9-3)26-15(4)5)23-19-13-11-10-12-18(19)22(24)25;1-2/h7-14,21,23H,2,4H2,1,3,5-6H3;1-2H3/b16-7-,17-14+,20-9-;. The van der Waals surface area contributed by atoms with Gasteiger partial charge in [0.25, 0.3) is 5.91 Å². The van der Waals surface area contributed by atoms with Crippen LogP contribution in [0.1, 0.15) is 51.9 Å². The molecule has 0 fully saturated rings. The number of carbonyl (C=O) groups is 1. The van der Waals surface area contributed by atoms with Crippen molar-refractivity contribution < 1.29 is 4.79 Å². The lowest BCUT2D eigenvalue weighted by Crippen LogP contribution is -2.48. The molecule has 1 unspecified atom stereocenters. The first-order chi connectivity index (χ1) is 13.4. The van der Waals surface area contributed by atoms with E-state index in [-0.39, 0.29) is 12.1 Å². The number of thioether (sulfide) groups is 1. The monoisotopic (exact) mass is 396 g/mol. The second-order valence-corrected chi connectivity index (χ2v) is 7.44. The van der Waals surface area contributed by atoms with Crippen molar-refractivity contribution in [3.05, 3.63) is 88.4 Å². The average Bonchev–Trinajstić information content (AvgIpc) is 2.71. The first kappa shape index (κ1) is 23.6. The van der Waals surface area contributed by atoms with Crippen LogP contribution in [0.25, 0.3) is 0 Å². The van der Waals surface area contributed by atoms with Crippen LogP contribution >= 0.6 is 11.8 Å². The zero-order valence-corrected chi connectivity index (χ0v) is 18.7. The lowest BCUT2D eigenvalue weighted by molar-refractivity contribution is 0.0779. The van der Waals surface area contributed by atoms with Crippen LogP contribution in [0.3, 0.4) is 0 Å². The smallest absolute Gasteiger partial charge is 0.262 e. The largest absolute Gasteiger partial charge is 0.360 e. The highest BCUT2D eigenvalue weighted by molar-refractivity contribution is 8.06. The SMILES string of the molecule is C=C/C(=C\C(C)=C/C)N1C(=O)c2ccccc2NC1/C(=C/C)SC(=C)C.CC. The molecule has 150 valence electrons. The van der Waals surface area contributed by atoms with Crippen LogP contribution in [-0.4, -0.2) is 17.0 Å². The molecular formula is C24H32N2OS. The molecule has 1 heterocycles. The molecule has 1 aromatic rings. The summed E-state index contributed by atoms with van der Waals surface area (Å²) in [6, 6.07) is 7.59. The van der Waals surface area contributed by atoms with Crippen molar-refractivity contribution in [1.82, 2.24) is 4.90 Å². The minimum Gasteiger partial charge on any atom is -0.360 e. The third kappa shape index (κ3) is 5.52. The van der Waals surface area contributed by atoms with Crippen molar-refractivity contribution in [2.24, 2.45) is 0 Å². The maximum atomic E-state index is 13.3. The Kier molecular flexibility index (Phi) is 9.60. The predicted molar refractivity (Wildman–Crippen MR) is 125 cm³/mol. The average molecular weight is 397 g/mol. The molecule has 0 aliphatic carbocycles. The molecule has 0 radical (unpaired) electrons. The molecule has 4 heteroatoms. The molecule has 3 nitrogen and oxygen atoms in total. The van der Waals surface area contributed by atoms with Crippen LogP contribution in [0.5, 0.6) is 0 Å². The lowest BCUT2D eigenvalue weighted by atomic mass is 10.1. The molecule has 0 saturated carbocycles. The highest BCUT2D eigenvalue weighted by Gasteiger charge is 2.35. The van der Waals surface area contributed by atoms with Crippen LogP contribution in [0, 0.1) is 0 Å². The number of allylic oxidation sites excluding steroid dienone is 6. The van der Waals surface area contributed by atoms with E-state index in [2.05, 4.69) is 18.5 Å². The van der Waals surface area contributed by atoms with Gasteiger partial charge in [-0.05, 0) is 56.9 Å². The summed E-state index contributed by atoms with van der Waals surface area (Å²) in [6.45, 7) is 19.9. The summed E-state index contributed by atoms with van der Waals surface area (Å²) in [4.78, 5) is 17.1. The Morgan fingerprint density at radius 2 is 1.82 bits per heavy atom. The molecule has 1 aliphatic heterocycles. The Balaban J connectivity index is 0.00000190. The fraction of sp³-hybridized carbons (Fsp3) is 0.292. The van der Waals surface area contributed by atoms with Crippen molar-refractivity contribution in [1.29, 1.82) is 0 Å². The van der Waals surface area contributed by atoms with Gasteiger partial charge in [0.1, 0.15) is 6.17 Å². The fourth-order valence-corrected chi connectivity index (χ4v) is 3.53. The van der Waals surface area contributed by atoms with Gasteiger partial charge in [0.2, 0.25) is 0 Å². The number of para-hydroxylation sites is 1. The topological polar surface area (TPSA) is 32.3 Å². The molecular weight excluding hydrogens is 364 g/mol. The molecule has 2 rings (SSSR count). The van der Waals surface area contributed by atoms with Gasteiger partial charge in [-0.1, -0.05) is 68.6 Å². The van der Waals surface area contributed by atoms with Gasteiger partial charge >= 0.3 is 0 Å². The fourth-order valence-electron chi connectivity index (χ4n) is 2.74. The van der Waals surface area contributed by atoms with Crippen LogP contribution in [0.2, 0.25) is 0 Å². The minimum atomic E-state index is -0.307. The number of hydrogen-bond donors (Lipinski definition) is 1. The van der Waals surface area contributed by atoms with Gasteiger partial charge in [0.15, 0.2) is 0 Å². The van der Waals surface area contributed by atoms with Crippen molar-refractivity contribution in [2.75, 3.05) is 5.32 Å². The summed E-state index contributed by atoms with van der Waals surface area (Å²) < 4.78 is 0. The molecule has 0 bridgehead atoms. The summed E-state index contributed by atoms with van der Waals surface area (Å²) in [5.74, 6) is -0.0407. The van der Waals surface area contributed by atoms with E-state index in [9.17, 15) is 4.79 Å². The number of fused-ring (bicyclic) bond motifs is 1. The summed E-state index contributed by atoms with van der Waals surface area (Å²) in [5.41, 5.74) is 3.33. The highest BCUT2D eigenvalue weighted by atomic mass is 32.2. The normalized spacial score (nSPS) is 17.2. The first-order valence-corrected chi connectivity index (χ1v) is 10.4. The first-order valence-electron chi connectivity index (χ1n) is 9.58. The van der Waals surface area contributed by atoms with Gasteiger partial charge in [-0.2, -0.15) is 0 Å². The van der Waals surface area contributed by atoms with Gasteiger partial charge < -0.3 is 5.32 Å². The van der Waals surface area contributed by atoms with Gasteiger partial charge in [-0.15, -0.1) is 0 Å². The lowest BCUT2D eigenvalue weighted by Gasteiger charge is -2.39. The number of hydrogen-bond acceptors (Lipinski definition) is 3. The zero-order valence-electron chi connectivity index (χ0n) is 17.9. The third-order valence-corrected chi connectivity index (χ3v) is 5.13. The Morgan fingerprint density at radius 1 is 1.18 bits per heavy atom. The number of amides is 1. The van der Waals surface area contributed by atoms with Crippen molar-refractivity contribution >= 4 is 23.4 Å². The van der Waals surface area contributed by atoms with E-state index < -0.39 is 0 Å². The van der Waals surface area contributed by atoms with Gasteiger partial charge in [0.05, 0.1) is 5.56 Å². The van der Waals surface area contributed by atoms with E-state index in [1.54, 1.807) is 22.7 Å². The second-order valence-electron chi connectivity index (χ2n) is 6.07. The minimum absolute atomic E-state index is 0.0407. The Bertz CT molecular complexity index is 818. The number of benzene rings is 1. The van der Waals surface area contributed by atoms with Gasteiger partial charge in [0, 0.05) is 16.3 Å². The molecule has 0 aromatic heterocycles. The van der Waals surface area contributed by atoms with E-state index in [1.807, 2.05) is 84.0 Å². The van der Waals surface area contributed by atoms with Crippen molar-refractivity contribution in [3.63, 3.8) is 0 Å². The Labute approximate surface area is 174 Å². The van der Waals surface area contributed by atoms with Gasteiger partial charge in [-0.3, -0.25) is 9.69 Å². The second kappa shape index (κ2) is 11.4. The predicted octanol–water partition coefficient (Wildman–Crippen LogP) is 7.11. The third-order valence-electron chi connectivity index (χ3n) is 4.09. The van der Waals surface area contributed by atoms with E-state index in [0.29, 0.717) is 5.56 Å². The van der Waals surface area contributed by atoms with Crippen molar-refractivity contribution in [3.8, 4) is 0 Å². The van der Waals surface area contributed by atoms with Gasteiger partial charge in [-0.25, -0.2) is 0 Å². The molecule has 1 aromatic carbocycles. The summed E-state index contributed by atoms with van der Waals surface area (Å²) in [6.07, 6.45) is 7.43. The van der Waals surface area contributed by atoms with Crippen molar-refractivity contribution in [2.45, 2.75) is 47.7 Å². The van der Waals surface area contributed by atoms with E-state index in [4.69, 9.17) is 0 Å². The molecule has 1 atom stereocenters.